The molecule has 0 heterocycles. The van der Waals surface area contributed by atoms with Crippen LogP contribution in [0.2, 0.25) is 10.0 Å². The van der Waals surface area contributed by atoms with E-state index in [0.29, 0.717) is 29.6 Å². The van der Waals surface area contributed by atoms with Crippen LogP contribution in [-0.2, 0) is 16.1 Å². The van der Waals surface area contributed by atoms with Crippen molar-refractivity contribution in [3.8, 4) is 5.75 Å². The predicted octanol–water partition coefficient (Wildman–Crippen LogP) is 4.71. The fourth-order valence-electron chi connectivity index (χ4n) is 2.81. The summed E-state index contributed by atoms with van der Waals surface area (Å²) in [5.74, 6) is 0.455. The van der Waals surface area contributed by atoms with Crippen LogP contribution in [0, 0.1) is 0 Å². The van der Waals surface area contributed by atoms with E-state index >= 15 is 0 Å². The zero-order chi connectivity index (χ0) is 21.2. The van der Waals surface area contributed by atoms with Gasteiger partial charge in [-0.1, -0.05) is 47.5 Å². The van der Waals surface area contributed by atoms with E-state index in [-0.39, 0.29) is 24.8 Å². The van der Waals surface area contributed by atoms with Crippen LogP contribution in [0.1, 0.15) is 32.3 Å². The molecule has 2 rings (SSSR count). The average molecular weight is 437 g/mol. The number of rotatable bonds is 10. The molecule has 0 fully saturated rings. The molecule has 0 bridgehead atoms. The maximum atomic E-state index is 12.9. The minimum atomic E-state index is -0.605. The normalized spacial score (nSPS) is 11.6. The van der Waals surface area contributed by atoms with Crippen molar-refractivity contribution in [3.63, 3.8) is 0 Å². The molecule has 5 nitrogen and oxygen atoms in total. The molecule has 1 unspecified atom stereocenters. The van der Waals surface area contributed by atoms with Crippen molar-refractivity contribution in [2.75, 3.05) is 13.2 Å². The second-order valence-corrected chi connectivity index (χ2v) is 7.42. The van der Waals surface area contributed by atoms with Crippen LogP contribution in [0.5, 0.6) is 5.75 Å². The molecule has 0 aromatic heterocycles. The van der Waals surface area contributed by atoms with Gasteiger partial charge in [-0.05, 0) is 50.1 Å². The van der Waals surface area contributed by atoms with Crippen molar-refractivity contribution in [2.45, 2.75) is 39.3 Å². The van der Waals surface area contributed by atoms with Gasteiger partial charge in [0, 0.05) is 19.5 Å². The smallest absolute Gasteiger partial charge is 0.242 e. The van der Waals surface area contributed by atoms with Gasteiger partial charge in [0.15, 0.2) is 0 Å². The highest BCUT2D eigenvalue weighted by atomic mass is 35.5. The first kappa shape index (κ1) is 23.0. The summed E-state index contributed by atoms with van der Waals surface area (Å²) in [6.45, 7) is 4.76. The van der Waals surface area contributed by atoms with E-state index in [0.717, 1.165) is 11.3 Å². The molecular weight excluding hydrogens is 411 g/mol. The van der Waals surface area contributed by atoms with E-state index in [4.69, 9.17) is 27.9 Å². The number of carbonyl (C=O) groups excluding carboxylic acids is 2. The van der Waals surface area contributed by atoms with Crippen LogP contribution >= 0.6 is 23.2 Å². The molecule has 0 aliphatic rings. The molecule has 0 radical (unpaired) electrons. The molecule has 0 saturated carbocycles. The molecule has 2 amide bonds. The molecule has 1 N–H and O–H groups in total. The van der Waals surface area contributed by atoms with Gasteiger partial charge in [0.1, 0.15) is 11.8 Å². The topological polar surface area (TPSA) is 58.6 Å². The average Bonchev–Trinajstić information content (AvgIpc) is 2.72. The Morgan fingerprint density at radius 3 is 2.48 bits per heavy atom. The number of nitrogens with one attached hydrogen (secondary N) is 1. The van der Waals surface area contributed by atoms with Gasteiger partial charge in [0.2, 0.25) is 11.8 Å². The first-order valence-electron chi connectivity index (χ1n) is 9.61. The van der Waals surface area contributed by atoms with Gasteiger partial charge in [0.05, 0.1) is 16.7 Å². The van der Waals surface area contributed by atoms with Gasteiger partial charge >= 0.3 is 0 Å². The third kappa shape index (κ3) is 7.26. The molecule has 7 heteroatoms. The van der Waals surface area contributed by atoms with Crippen LogP contribution in [0.4, 0.5) is 0 Å². The summed E-state index contributed by atoms with van der Waals surface area (Å²) in [5, 5.41) is 3.63. The van der Waals surface area contributed by atoms with Gasteiger partial charge in [0.25, 0.3) is 0 Å². The Morgan fingerprint density at radius 2 is 1.83 bits per heavy atom. The minimum absolute atomic E-state index is 0.119. The number of carbonyl (C=O) groups is 2. The molecule has 0 aliphatic heterocycles. The second kappa shape index (κ2) is 11.7. The summed E-state index contributed by atoms with van der Waals surface area (Å²) in [6.07, 6.45) is 0.825. The number of para-hydroxylation sites is 1. The third-order valence-corrected chi connectivity index (χ3v) is 5.14. The second-order valence-electron chi connectivity index (χ2n) is 6.61. The van der Waals surface area contributed by atoms with Crippen molar-refractivity contribution < 1.29 is 14.3 Å². The Morgan fingerprint density at radius 1 is 1.10 bits per heavy atom. The standard InChI is InChI=1S/C22H26Cl2N2O3/c1-3-25-22(28)16(2)26(15-17-11-12-19(23)20(24)14-17)21(27)10-7-13-29-18-8-5-4-6-9-18/h4-6,8-9,11-12,14,16H,3,7,10,13,15H2,1-2H3,(H,25,28). The zero-order valence-electron chi connectivity index (χ0n) is 16.7. The lowest BCUT2D eigenvalue weighted by Crippen LogP contribution is -2.47. The summed E-state index contributed by atoms with van der Waals surface area (Å²) >= 11 is 12.1. The molecule has 0 saturated heterocycles. The van der Waals surface area contributed by atoms with Gasteiger partial charge < -0.3 is 15.0 Å². The van der Waals surface area contributed by atoms with E-state index < -0.39 is 6.04 Å². The van der Waals surface area contributed by atoms with E-state index in [1.165, 1.54) is 0 Å². The SMILES string of the molecule is CCNC(=O)C(C)N(Cc1ccc(Cl)c(Cl)c1)C(=O)CCCOc1ccccc1. The van der Waals surface area contributed by atoms with E-state index in [1.54, 1.807) is 30.0 Å². The van der Waals surface area contributed by atoms with Crippen LogP contribution in [0.15, 0.2) is 48.5 Å². The number of hydrogen-bond acceptors (Lipinski definition) is 3. The largest absolute Gasteiger partial charge is 0.494 e. The molecule has 156 valence electrons. The number of ether oxygens (including phenoxy) is 1. The highest BCUT2D eigenvalue weighted by Gasteiger charge is 2.25. The van der Waals surface area contributed by atoms with Crippen LogP contribution in [0.3, 0.4) is 0 Å². The number of benzene rings is 2. The van der Waals surface area contributed by atoms with Gasteiger partial charge in [-0.2, -0.15) is 0 Å². The Balaban J connectivity index is 2.01. The minimum Gasteiger partial charge on any atom is -0.494 e. The molecule has 0 aliphatic carbocycles. The van der Waals surface area contributed by atoms with E-state index in [1.807, 2.05) is 37.3 Å². The number of hydrogen-bond donors (Lipinski definition) is 1. The van der Waals surface area contributed by atoms with Crippen LogP contribution in [0.25, 0.3) is 0 Å². The number of nitrogens with zero attached hydrogens (tertiary/aromatic N) is 1. The summed E-state index contributed by atoms with van der Waals surface area (Å²) in [5.41, 5.74) is 0.810. The Bertz CT molecular complexity index is 815. The lowest BCUT2D eigenvalue weighted by molar-refractivity contribution is -0.140. The van der Waals surface area contributed by atoms with E-state index in [9.17, 15) is 9.59 Å². The monoisotopic (exact) mass is 436 g/mol. The molecule has 0 spiro atoms. The number of likely N-dealkylation sites (N-methyl/N-ethyl adjacent to an activating group) is 1. The van der Waals surface area contributed by atoms with Crippen LogP contribution in [-0.4, -0.2) is 35.9 Å². The molecule has 2 aromatic carbocycles. The van der Waals surface area contributed by atoms with Crippen molar-refractivity contribution in [1.82, 2.24) is 10.2 Å². The third-order valence-electron chi connectivity index (χ3n) is 4.40. The first-order chi connectivity index (χ1) is 13.9. The number of halogens is 2. The molecular formula is C22H26Cl2N2O3. The highest BCUT2D eigenvalue weighted by Crippen LogP contribution is 2.24. The van der Waals surface area contributed by atoms with Gasteiger partial charge in [-0.15, -0.1) is 0 Å². The van der Waals surface area contributed by atoms with Crippen LogP contribution < -0.4 is 10.1 Å². The lowest BCUT2D eigenvalue weighted by atomic mass is 10.1. The maximum absolute atomic E-state index is 12.9. The van der Waals surface area contributed by atoms with Gasteiger partial charge in [-0.3, -0.25) is 9.59 Å². The Labute approximate surface area is 181 Å². The summed E-state index contributed by atoms with van der Waals surface area (Å²) < 4.78 is 5.65. The summed E-state index contributed by atoms with van der Waals surface area (Å²) in [7, 11) is 0. The Hall–Kier alpha value is -2.24. The maximum Gasteiger partial charge on any atom is 0.242 e. The highest BCUT2D eigenvalue weighted by molar-refractivity contribution is 6.42. The first-order valence-corrected chi connectivity index (χ1v) is 10.4. The quantitative estimate of drug-likeness (QED) is 0.548. The van der Waals surface area contributed by atoms with E-state index in [2.05, 4.69) is 5.32 Å². The molecule has 1 atom stereocenters. The predicted molar refractivity (Wildman–Crippen MR) is 116 cm³/mol. The van der Waals surface area contributed by atoms with Gasteiger partial charge in [-0.25, -0.2) is 0 Å². The summed E-state index contributed by atoms with van der Waals surface area (Å²) in [4.78, 5) is 26.8. The van der Waals surface area contributed by atoms with Crippen molar-refractivity contribution in [2.24, 2.45) is 0 Å². The Kier molecular flexibility index (Phi) is 9.29. The lowest BCUT2D eigenvalue weighted by Gasteiger charge is -2.29. The zero-order valence-corrected chi connectivity index (χ0v) is 18.2. The van der Waals surface area contributed by atoms with Crippen molar-refractivity contribution in [3.05, 3.63) is 64.1 Å². The fraction of sp³-hybridized carbons (Fsp3) is 0.364. The molecule has 29 heavy (non-hydrogen) atoms. The fourth-order valence-corrected chi connectivity index (χ4v) is 3.13. The van der Waals surface area contributed by atoms with Crippen molar-refractivity contribution in [1.29, 1.82) is 0 Å². The molecule has 2 aromatic rings. The van der Waals surface area contributed by atoms with Crippen molar-refractivity contribution >= 4 is 35.0 Å². The summed E-state index contributed by atoms with van der Waals surface area (Å²) in [6, 6.07) is 14.1. The number of amides is 2.